The van der Waals surface area contributed by atoms with E-state index in [1.807, 2.05) is 18.7 Å². The van der Waals surface area contributed by atoms with E-state index in [0.29, 0.717) is 13.2 Å². The molecule has 84 valence electrons. The van der Waals surface area contributed by atoms with Gasteiger partial charge in [0.25, 0.3) is 0 Å². The van der Waals surface area contributed by atoms with Crippen LogP contribution < -0.4 is 5.32 Å². The summed E-state index contributed by atoms with van der Waals surface area (Å²) in [7, 11) is 0. The standard InChI is InChI=1S/C10H21NO2S/c1-3-14-7-5-11-8-10(12)4-6-13-9(10)2/h9,11-12H,3-8H2,1-2H3. The van der Waals surface area contributed by atoms with Crippen molar-refractivity contribution >= 4 is 11.8 Å². The monoisotopic (exact) mass is 219 g/mol. The predicted molar refractivity (Wildman–Crippen MR) is 60.8 cm³/mol. The second-order valence-electron chi connectivity index (χ2n) is 3.74. The summed E-state index contributed by atoms with van der Waals surface area (Å²) in [4.78, 5) is 0. The number of ether oxygens (including phenoxy) is 1. The number of aliphatic hydroxyl groups is 1. The summed E-state index contributed by atoms with van der Waals surface area (Å²) in [5.74, 6) is 2.27. The van der Waals surface area contributed by atoms with E-state index in [4.69, 9.17) is 4.74 Å². The van der Waals surface area contributed by atoms with Gasteiger partial charge in [0.2, 0.25) is 0 Å². The Labute approximate surface area is 90.6 Å². The van der Waals surface area contributed by atoms with E-state index < -0.39 is 5.60 Å². The van der Waals surface area contributed by atoms with Gasteiger partial charge in [-0.25, -0.2) is 0 Å². The van der Waals surface area contributed by atoms with Gasteiger partial charge in [0, 0.05) is 31.9 Å². The molecule has 1 saturated heterocycles. The molecule has 0 aliphatic carbocycles. The van der Waals surface area contributed by atoms with Crippen LogP contribution in [-0.4, -0.2) is 48.0 Å². The van der Waals surface area contributed by atoms with E-state index in [1.54, 1.807) is 0 Å². The zero-order chi connectivity index (χ0) is 10.4. The predicted octanol–water partition coefficient (Wildman–Crippen LogP) is 0.869. The first kappa shape index (κ1) is 12.3. The van der Waals surface area contributed by atoms with Gasteiger partial charge in [-0.3, -0.25) is 0 Å². The van der Waals surface area contributed by atoms with E-state index in [2.05, 4.69) is 12.2 Å². The maximum absolute atomic E-state index is 10.1. The Hall–Kier alpha value is 0.230. The van der Waals surface area contributed by atoms with Crippen LogP contribution in [0.1, 0.15) is 20.3 Å². The second-order valence-corrected chi connectivity index (χ2v) is 5.13. The number of hydrogen-bond acceptors (Lipinski definition) is 4. The van der Waals surface area contributed by atoms with Gasteiger partial charge >= 0.3 is 0 Å². The minimum Gasteiger partial charge on any atom is -0.386 e. The second kappa shape index (κ2) is 5.95. The van der Waals surface area contributed by atoms with E-state index in [1.165, 1.54) is 0 Å². The lowest BCUT2D eigenvalue weighted by Gasteiger charge is -2.26. The van der Waals surface area contributed by atoms with E-state index >= 15 is 0 Å². The number of nitrogens with one attached hydrogen (secondary N) is 1. The van der Waals surface area contributed by atoms with Crippen LogP contribution in [0.3, 0.4) is 0 Å². The highest BCUT2D eigenvalue weighted by atomic mass is 32.2. The molecule has 0 aromatic rings. The van der Waals surface area contributed by atoms with Crippen molar-refractivity contribution in [2.75, 3.05) is 31.2 Å². The molecule has 0 aromatic carbocycles. The highest BCUT2D eigenvalue weighted by molar-refractivity contribution is 7.99. The fourth-order valence-corrected chi connectivity index (χ4v) is 2.17. The lowest BCUT2D eigenvalue weighted by Crippen LogP contribution is -2.46. The van der Waals surface area contributed by atoms with E-state index in [-0.39, 0.29) is 6.10 Å². The van der Waals surface area contributed by atoms with Crippen molar-refractivity contribution in [2.24, 2.45) is 0 Å². The molecule has 1 aliphatic heterocycles. The third-order valence-electron chi connectivity index (χ3n) is 2.72. The molecule has 0 saturated carbocycles. The molecule has 0 amide bonds. The average molecular weight is 219 g/mol. The van der Waals surface area contributed by atoms with Crippen molar-refractivity contribution in [3.8, 4) is 0 Å². The molecular weight excluding hydrogens is 198 g/mol. The molecule has 3 nitrogen and oxygen atoms in total. The van der Waals surface area contributed by atoms with Crippen LogP contribution in [0.15, 0.2) is 0 Å². The summed E-state index contributed by atoms with van der Waals surface area (Å²) in [5.41, 5.74) is -0.642. The molecule has 2 unspecified atom stereocenters. The van der Waals surface area contributed by atoms with Crippen LogP contribution in [0.2, 0.25) is 0 Å². The van der Waals surface area contributed by atoms with Crippen LogP contribution in [-0.2, 0) is 4.74 Å². The van der Waals surface area contributed by atoms with Crippen molar-refractivity contribution < 1.29 is 9.84 Å². The van der Waals surface area contributed by atoms with E-state index in [9.17, 15) is 5.11 Å². The lowest BCUT2D eigenvalue weighted by molar-refractivity contribution is -0.0257. The highest BCUT2D eigenvalue weighted by Crippen LogP contribution is 2.24. The molecule has 1 heterocycles. The SMILES string of the molecule is CCSCCNCC1(O)CCOC1C. The minimum atomic E-state index is -0.642. The Balaban J connectivity index is 2.10. The maximum Gasteiger partial charge on any atom is 0.105 e. The molecule has 0 spiro atoms. The first-order valence-corrected chi connectivity index (χ1v) is 6.47. The van der Waals surface area contributed by atoms with Gasteiger partial charge in [0.05, 0.1) is 6.10 Å². The van der Waals surface area contributed by atoms with Crippen LogP contribution >= 0.6 is 11.8 Å². The van der Waals surface area contributed by atoms with Crippen molar-refractivity contribution in [3.05, 3.63) is 0 Å². The molecule has 2 N–H and O–H groups in total. The third-order valence-corrected chi connectivity index (χ3v) is 3.62. The molecule has 1 fully saturated rings. The molecular formula is C10H21NO2S. The molecule has 0 radical (unpaired) electrons. The molecule has 2 atom stereocenters. The smallest absolute Gasteiger partial charge is 0.105 e. The largest absolute Gasteiger partial charge is 0.386 e. The van der Waals surface area contributed by atoms with Crippen LogP contribution in [0.4, 0.5) is 0 Å². The summed E-state index contributed by atoms with van der Waals surface area (Å²) in [6.07, 6.45) is 0.719. The number of thioether (sulfide) groups is 1. The molecule has 1 rings (SSSR count). The average Bonchev–Trinajstić information content (AvgIpc) is 2.47. The van der Waals surface area contributed by atoms with Gasteiger partial charge in [-0.1, -0.05) is 6.92 Å². The van der Waals surface area contributed by atoms with Gasteiger partial charge in [0.15, 0.2) is 0 Å². The molecule has 0 aromatic heterocycles. The Bertz CT molecular complexity index is 168. The van der Waals surface area contributed by atoms with Gasteiger partial charge in [0.1, 0.15) is 5.60 Å². The number of rotatable bonds is 6. The highest BCUT2D eigenvalue weighted by Gasteiger charge is 2.38. The van der Waals surface area contributed by atoms with Crippen LogP contribution in [0.25, 0.3) is 0 Å². The zero-order valence-electron chi connectivity index (χ0n) is 9.08. The van der Waals surface area contributed by atoms with Crippen LogP contribution in [0.5, 0.6) is 0 Å². The first-order chi connectivity index (χ1) is 6.69. The Kier molecular flexibility index (Phi) is 5.23. The Morgan fingerprint density at radius 3 is 3.00 bits per heavy atom. The Morgan fingerprint density at radius 1 is 1.64 bits per heavy atom. The molecule has 4 heteroatoms. The lowest BCUT2D eigenvalue weighted by atomic mass is 9.97. The normalized spacial score (nSPS) is 32.4. The third kappa shape index (κ3) is 3.42. The first-order valence-electron chi connectivity index (χ1n) is 5.31. The fourth-order valence-electron chi connectivity index (χ4n) is 1.60. The Morgan fingerprint density at radius 2 is 2.43 bits per heavy atom. The maximum atomic E-state index is 10.1. The van der Waals surface area contributed by atoms with Gasteiger partial charge in [-0.2, -0.15) is 11.8 Å². The van der Waals surface area contributed by atoms with Crippen molar-refractivity contribution in [3.63, 3.8) is 0 Å². The van der Waals surface area contributed by atoms with E-state index in [0.717, 1.165) is 24.5 Å². The molecule has 14 heavy (non-hydrogen) atoms. The van der Waals surface area contributed by atoms with Crippen LogP contribution in [0, 0.1) is 0 Å². The summed E-state index contributed by atoms with van der Waals surface area (Å²) in [6, 6.07) is 0. The minimum absolute atomic E-state index is 0.0335. The van der Waals surface area contributed by atoms with Crippen molar-refractivity contribution in [1.82, 2.24) is 5.32 Å². The van der Waals surface area contributed by atoms with Crippen molar-refractivity contribution in [2.45, 2.75) is 32.0 Å². The zero-order valence-corrected chi connectivity index (χ0v) is 9.90. The van der Waals surface area contributed by atoms with Gasteiger partial charge in [-0.05, 0) is 12.7 Å². The summed E-state index contributed by atoms with van der Waals surface area (Å²) < 4.78 is 5.35. The topological polar surface area (TPSA) is 41.5 Å². The van der Waals surface area contributed by atoms with Crippen molar-refractivity contribution in [1.29, 1.82) is 0 Å². The fraction of sp³-hybridized carbons (Fsp3) is 1.00. The quantitative estimate of drug-likeness (QED) is 0.650. The summed E-state index contributed by atoms with van der Waals surface area (Å²) in [6.45, 7) is 6.40. The van der Waals surface area contributed by atoms with Gasteiger partial charge in [-0.15, -0.1) is 0 Å². The summed E-state index contributed by atoms with van der Waals surface area (Å²) in [5, 5.41) is 13.4. The van der Waals surface area contributed by atoms with Gasteiger partial charge < -0.3 is 15.2 Å². The summed E-state index contributed by atoms with van der Waals surface area (Å²) >= 11 is 1.91. The number of hydrogen-bond donors (Lipinski definition) is 2. The molecule has 1 aliphatic rings. The molecule has 0 bridgehead atoms.